The van der Waals surface area contributed by atoms with E-state index in [9.17, 15) is 4.79 Å². The van der Waals surface area contributed by atoms with E-state index in [1.165, 1.54) is 11.3 Å². The molecule has 116 valence electrons. The molecule has 1 saturated heterocycles. The Balaban J connectivity index is 1.60. The fraction of sp³-hybridized carbons (Fsp3) is 0.316. The lowest BCUT2D eigenvalue weighted by atomic mass is 9.84. The van der Waals surface area contributed by atoms with Crippen LogP contribution in [-0.2, 0) is 0 Å². The third kappa shape index (κ3) is 1.67. The van der Waals surface area contributed by atoms with Gasteiger partial charge in [-0.1, -0.05) is 30.3 Å². The van der Waals surface area contributed by atoms with Gasteiger partial charge in [-0.05, 0) is 23.8 Å². The summed E-state index contributed by atoms with van der Waals surface area (Å²) < 4.78 is 0. The Morgan fingerprint density at radius 3 is 2.83 bits per heavy atom. The molecule has 4 atom stereocenters. The lowest BCUT2D eigenvalue weighted by Gasteiger charge is -2.46. The first-order valence-electron chi connectivity index (χ1n) is 8.33. The first kappa shape index (κ1) is 13.1. The monoisotopic (exact) mass is 306 g/mol. The van der Waals surface area contributed by atoms with Crippen LogP contribution in [0, 0.1) is 0 Å². The van der Waals surface area contributed by atoms with Crippen LogP contribution in [0.4, 0.5) is 11.4 Å². The maximum Gasteiger partial charge on any atom is 0.348 e. The molecule has 1 fully saturated rings. The Morgan fingerprint density at radius 1 is 1.13 bits per heavy atom. The van der Waals surface area contributed by atoms with Crippen LogP contribution in [0.2, 0.25) is 0 Å². The maximum absolute atomic E-state index is 13.0. The molecule has 2 aromatic rings. The Morgan fingerprint density at radius 2 is 1.91 bits per heavy atom. The Bertz CT molecular complexity index is 803. The molecule has 2 unspecified atom stereocenters. The van der Waals surface area contributed by atoms with Gasteiger partial charge >= 0.3 is 5.91 Å². The lowest BCUT2D eigenvalue weighted by molar-refractivity contribution is -0.850. The summed E-state index contributed by atoms with van der Waals surface area (Å²) >= 11 is 0. The number of hydrogen-bond donors (Lipinski definition) is 2. The number of likely N-dealkylation sites (N-methyl/N-ethyl adjacent to an activating group) is 1. The standard InChI is InChI=1S/C19H19N3O/c1-21-16-9-5-3-7-14(16)19(23)22-11-10-13-12-6-2-4-8-15(12)20-17(13)18(21)22/h2-9,13,17-18,20H,10-11H2,1H3/p+1/t13-,17+,18?/m1/s1. The Hall–Kier alpha value is -2.33. The molecule has 0 radical (unpaired) electrons. The quantitative estimate of drug-likeness (QED) is 0.774. The first-order chi connectivity index (χ1) is 11.3. The molecule has 2 aromatic carbocycles. The van der Waals surface area contributed by atoms with Crippen molar-refractivity contribution in [2.45, 2.75) is 24.5 Å². The van der Waals surface area contributed by atoms with Crippen molar-refractivity contribution in [3.8, 4) is 0 Å². The number of rotatable bonds is 0. The van der Waals surface area contributed by atoms with Crippen LogP contribution in [-0.4, -0.2) is 31.7 Å². The van der Waals surface area contributed by atoms with E-state index in [-0.39, 0.29) is 12.1 Å². The number of nitrogens with one attached hydrogen (secondary N) is 2. The highest BCUT2D eigenvalue weighted by molar-refractivity contribution is 5.96. The second kappa shape index (κ2) is 4.59. The van der Waals surface area contributed by atoms with Crippen molar-refractivity contribution in [1.82, 2.24) is 0 Å². The topological polar surface area (TPSA) is 36.8 Å². The molecule has 1 amide bonds. The van der Waals surface area contributed by atoms with Crippen molar-refractivity contribution in [1.29, 1.82) is 0 Å². The van der Waals surface area contributed by atoms with Crippen molar-refractivity contribution >= 4 is 17.3 Å². The van der Waals surface area contributed by atoms with Gasteiger partial charge in [0.25, 0.3) is 0 Å². The van der Waals surface area contributed by atoms with Crippen molar-refractivity contribution in [3.05, 3.63) is 59.7 Å². The molecule has 23 heavy (non-hydrogen) atoms. The van der Waals surface area contributed by atoms with Gasteiger partial charge < -0.3 is 10.2 Å². The second-order valence-corrected chi connectivity index (χ2v) is 6.83. The minimum atomic E-state index is 0.156. The van der Waals surface area contributed by atoms with E-state index in [2.05, 4.69) is 47.6 Å². The number of amides is 1. The van der Waals surface area contributed by atoms with Gasteiger partial charge in [0, 0.05) is 25.1 Å². The average molecular weight is 306 g/mol. The van der Waals surface area contributed by atoms with Gasteiger partial charge in [0.05, 0.1) is 12.2 Å². The second-order valence-electron chi connectivity index (χ2n) is 6.83. The summed E-state index contributed by atoms with van der Waals surface area (Å²) in [7, 11) is 2.13. The van der Waals surface area contributed by atoms with Crippen molar-refractivity contribution in [2.24, 2.45) is 0 Å². The molecule has 4 nitrogen and oxygen atoms in total. The number of carbonyl (C=O) groups excluding carboxylic acids is 1. The highest BCUT2D eigenvalue weighted by Crippen LogP contribution is 2.41. The van der Waals surface area contributed by atoms with Crippen molar-refractivity contribution in [2.75, 3.05) is 23.8 Å². The van der Waals surface area contributed by atoms with Gasteiger partial charge in [-0.2, -0.15) is 0 Å². The van der Waals surface area contributed by atoms with Crippen LogP contribution in [0.15, 0.2) is 48.5 Å². The molecule has 2 N–H and O–H groups in total. The molecular weight excluding hydrogens is 286 g/mol. The highest BCUT2D eigenvalue weighted by Gasteiger charge is 2.53. The van der Waals surface area contributed by atoms with Gasteiger partial charge in [0.1, 0.15) is 11.6 Å². The average Bonchev–Trinajstić information content (AvgIpc) is 2.98. The number of benzene rings is 2. The summed E-state index contributed by atoms with van der Waals surface area (Å²) in [6.07, 6.45) is 1.21. The highest BCUT2D eigenvalue weighted by atomic mass is 16.2. The fourth-order valence-electron chi connectivity index (χ4n) is 4.75. The zero-order chi connectivity index (χ0) is 15.6. The van der Waals surface area contributed by atoms with Crippen LogP contribution in [0.5, 0.6) is 0 Å². The number of fused-ring (bicyclic) bond motifs is 6. The van der Waals surface area contributed by atoms with Crippen LogP contribution in [0.1, 0.15) is 28.3 Å². The first-order valence-corrected chi connectivity index (χ1v) is 8.33. The normalized spacial score (nSPS) is 30.8. The zero-order valence-electron chi connectivity index (χ0n) is 13.1. The molecule has 5 rings (SSSR count). The largest absolute Gasteiger partial charge is 0.374 e. The fourth-order valence-corrected chi connectivity index (χ4v) is 4.75. The maximum atomic E-state index is 13.0. The molecule has 0 aliphatic carbocycles. The van der Waals surface area contributed by atoms with Crippen LogP contribution in [0.3, 0.4) is 0 Å². The van der Waals surface area contributed by atoms with Gasteiger partial charge in [0.2, 0.25) is 0 Å². The van der Waals surface area contributed by atoms with E-state index < -0.39 is 0 Å². The molecular formula is C19H20N3O+. The van der Waals surface area contributed by atoms with E-state index in [1.54, 1.807) is 0 Å². The number of para-hydroxylation sites is 2. The summed E-state index contributed by atoms with van der Waals surface area (Å²) in [4.78, 5) is 16.4. The van der Waals surface area contributed by atoms with Crippen molar-refractivity contribution in [3.63, 3.8) is 0 Å². The van der Waals surface area contributed by atoms with Crippen LogP contribution >= 0.6 is 0 Å². The Kier molecular flexibility index (Phi) is 2.62. The SMILES string of the molecule is CN1c2ccccc2C(=O)[NH+]2CC[C@@H]3c4ccccc4N[C@@H]3C12. The molecule has 3 aliphatic heterocycles. The minimum Gasteiger partial charge on any atom is -0.374 e. The molecule has 0 saturated carbocycles. The summed E-state index contributed by atoms with van der Waals surface area (Å²) in [6, 6.07) is 16.9. The molecule has 4 heteroatoms. The number of anilines is 2. The van der Waals surface area contributed by atoms with Gasteiger partial charge in [-0.15, -0.1) is 0 Å². The van der Waals surface area contributed by atoms with Crippen LogP contribution in [0.25, 0.3) is 0 Å². The number of nitrogens with zero attached hydrogens (tertiary/aromatic N) is 1. The van der Waals surface area contributed by atoms with E-state index in [4.69, 9.17) is 0 Å². The lowest BCUT2D eigenvalue weighted by Crippen LogP contribution is -3.23. The van der Waals surface area contributed by atoms with Gasteiger partial charge in [-0.25, -0.2) is 9.69 Å². The van der Waals surface area contributed by atoms with E-state index in [0.717, 1.165) is 29.1 Å². The molecule has 0 bridgehead atoms. The molecule has 3 heterocycles. The number of quaternary nitrogens is 1. The van der Waals surface area contributed by atoms with E-state index >= 15 is 0 Å². The van der Waals surface area contributed by atoms with Crippen molar-refractivity contribution < 1.29 is 9.69 Å². The summed E-state index contributed by atoms with van der Waals surface area (Å²) in [6.45, 7) is 0.902. The number of piperidine rings is 1. The number of carbonyl (C=O) groups is 1. The Labute approximate surface area is 135 Å². The minimum absolute atomic E-state index is 0.156. The molecule has 0 spiro atoms. The smallest absolute Gasteiger partial charge is 0.348 e. The summed E-state index contributed by atoms with van der Waals surface area (Å²) in [5, 5.41) is 3.70. The number of hydrogen-bond acceptors (Lipinski definition) is 3. The van der Waals surface area contributed by atoms with Crippen LogP contribution < -0.4 is 15.1 Å². The predicted molar refractivity (Wildman–Crippen MR) is 90.0 cm³/mol. The van der Waals surface area contributed by atoms with E-state index in [0.29, 0.717) is 12.0 Å². The van der Waals surface area contributed by atoms with E-state index in [1.807, 2.05) is 18.2 Å². The van der Waals surface area contributed by atoms with Gasteiger partial charge in [-0.3, -0.25) is 0 Å². The predicted octanol–water partition coefficient (Wildman–Crippen LogP) is 1.47. The third-order valence-electron chi connectivity index (χ3n) is 5.78. The third-order valence-corrected chi connectivity index (χ3v) is 5.78. The zero-order valence-corrected chi connectivity index (χ0v) is 13.1. The van der Waals surface area contributed by atoms with Gasteiger partial charge in [0.15, 0.2) is 6.17 Å². The molecule has 3 aliphatic rings. The summed E-state index contributed by atoms with van der Waals surface area (Å²) in [5.74, 6) is 0.750. The molecule has 0 aromatic heterocycles. The summed E-state index contributed by atoms with van der Waals surface area (Å²) in [5.41, 5.74) is 4.57.